The van der Waals surface area contributed by atoms with E-state index in [1.54, 1.807) is 0 Å². The molecular weight excluding hydrogens is 174 g/mol. The summed E-state index contributed by atoms with van der Waals surface area (Å²) in [6, 6.07) is 0.243. The van der Waals surface area contributed by atoms with Gasteiger partial charge in [0.25, 0.3) is 0 Å². The van der Waals surface area contributed by atoms with Gasteiger partial charge in [0.15, 0.2) is 0 Å². The van der Waals surface area contributed by atoms with Crippen molar-refractivity contribution < 1.29 is 4.74 Å². The highest BCUT2D eigenvalue weighted by Gasteiger charge is 2.32. The van der Waals surface area contributed by atoms with Crippen LogP contribution in [0, 0.1) is 17.8 Å². The van der Waals surface area contributed by atoms with Gasteiger partial charge in [-0.05, 0) is 30.6 Å². The second-order valence-corrected chi connectivity index (χ2v) is 5.41. The van der Waals surface area contributed by atoms with Crippen LogP contribution in [-0.2, 0) is 4.74 Å². The van der Waals surface area contributed by atoms with E-state index < -0.39 is 0 Å². The molecule has 1 aliphatic rings. The predicted octanol–water partition coefficient (Wildman–Crippen LogP) is 2.42. The summed E-state index contributed by atoms with van der Waals surface area (Å²) >= 11 is 0. The molecule has 0 aromatic rings. The van der Waals surface area contributed by atoms with E-state index in [2.05, 4.69) is 27.7 Å². The molecule has 0 heterocycles. The van der Waals surface area contributed by atoms with Crippen LogP contribution >= 0.6 is 0 Å². The first-order valence-corrected chi connectivity index (χ1v) is 5.88. The smallest absolute Gasteiger partial charge is 0.0751 e. The third kappa shape index (κ3) is 3.25. The molecule has 0 radical (unpaired) electrons. The van der Waals surface area contributed by atoms with Crippen molar-refractivity contribution in [3.8, 4) is 0 Å². The maximum absolute atomic E-state index is 6.12. The molecule has 2 heteroatoms. The molecule has 0 aromatic carbocycles. The van der Waals surface area contributed by atoms with Crippen LogP contribution < -0.4 is 5.73 Å². The highest BCUT2D eigenvalue weighted by atomic mass is 16.5. The molecule has 0 bridgehead atoms. The second-order valence-electron chi connectivity index (χ2n) is 5.41. The van der Waals surface area contributed by atoms with E-state index in [0.717, 1.165) is 18.9 Å². The van der Waals surface area contributed by atoms with Crippen molar-refractivity contribution in [2.75, 3.05) is 6.61 Å². The minimum atomic E-state index is 0.243. The molecule has 0 aliphatic heterocycles. The van der Waals surface area contributed by atoms with Gasteiger partial charge in [0.05, 0.1) is 6.10 Å². The average molecular weight is 199 g/mol. The maximum atomic E-state index is 6.12. The van der Waals surface area contributed by atoms with Crippen LogP contribution in [0.2, 0.25) is 0 Å². The summed E-state index contributed by atoms with van der Waals surface area (Å²) in [7, 11) is 0. The van der Waals surface area contributed by atoms with E-state index in [-0.39, 0.29) is 12.1 Å². The fourth-order valence-corrected chi connectivity index (χ4v) is 2.48. The molecule has 0 saturated heterocycles. The van der Waals surface area contributed by atoms with Crippen molar-refractivity contribution in [2.24, 2.45) is 23.5 Å². The number of hydrogen-bond donors (Lipinski definition) is 1. The fourth-order valence-electron chi connectivity index (χ4n) is 2.48. The Hall–Kier alpha value is -0.0800. The van der Waals surface area contributed by atoms with E-state index >= 15 is 0 Å². The zero-order valence-corrected chi connectivity index (χ0v) is 9.99. The Labute approximate surface area is 88.2 Å². The van der Waals surface area contributed by atoms with Gasteiger partial charge in [0.2, 0.25) is 0 Å². The lowest BCUT2D eigenvalue weighted by Gasteiger charge is -2.37. The summed E-state index contributed by atoms with van der Waals surface area (Å²) in [5.41, 5.74) is 6.12. The van der Waals surface area contributed by atoms with Gasteiger partial charge in [-0.2, -0.15) is 0 Å². The van der Waals surface area contributed by atoms with E-state index in [1.807, 2.05) is 0 Å². The third-order valence-corrected chi connectivity index (χ3v) is 3.05. The van der Waals surface area contributed by atoms with Crippen LogP contribution in [0.3, 0.4) is 0 Å². The van der Waals surface area contributed by atoms with Gasteiger partial charge >= 0.3 is 0 Å². The average Bonchev–Trinajstić information content (AvgIpc) is 2.01. The summed E-state index contributed by atoms with van der Waals surface area (Å²) in [5.74, 6) is 1.99. The molecule has 1 aliphatic carbocycles. The van der Waals surface area contributed by atoms with E-state index in [9.17, 15) is 0 Å². The third-order valence-electron chi connectivity index (χ3n) is 3.05. The molecule has 4 unspecified atom stereocenters. The highest BCUT2D eigenvalue weighted by molar-refractivity contribution is 4.86. The number of hydrogen-bond acceptors (Lipinski definition) is 2. The van der Waals surface area contributed by atoms with Gasteiger partial charge in [-0.15, -0.1) is 0 Å². The summed E-state index contributed by atoms with van der Waals surface area (Å²) in [6.07, 6.45) is 2.66. The molecule has 2 N–H and O–H groups in total. The topological polar surface area (TPSA) is 35.2 Å². The highest BCUT2D eigenvalue weighted by Crippen LogP contribution is 2.30. The van der Waals surface area contributed by atoms with Crippen molar-refractivity contribution in [3.63, 3.8) is 0 Å². The first-order chi connectivity index (χ1) is 6.50. The van der Waals surface area contributed by atoms with Crippen LogP contribution in [-0.4, -0.2) is 18.8 Å². The van der Waals surface area contributed by atoms with Crippen LogP contribution in [0.1, 0.15) is 40.5 Å². The van der Waals surface area contributed by atoms with Gasteiger partial charge in [-0.3, -0.25) is 0 Å². The SMILES string of the molecule is CC(C)COC1C(C)CC(C)CC1N. The van der Waals surface area contributed by atoms with Crippen molar-refractivity contribution >= 4 is 0 Å². The van der Waals surface area contributed by atoms with Crippen LogP contribution in [0.5, 0.6) is 0 Å². The molecule has 0 aromatic heterocycles. The Balaban J connectivity index is 2.41. The van der Waals surface area contributed by atoms with E-state index in [4.69, 9.17) is 10.5 Å². The van der Waals surface area contributed by atoms with Crippen LogP contribution in [0.15, 0.2) is 0 Å². The largest absolute Gasteiger partial charge is 0.376 e. The molecule has 84 valence electrons. The van der Waals surface area contributed by atoms with Gasteiger partial charge < -0.3 is 10.5 Å². The number of ether oxygens (including phenoxy) is 1. The molecular formula is C12H25NO. The van der Waals surface area contributed by atoms with Crippen LogP contribution in [0.25, 0.3) is 0 Å². The van der Waals surface area contributed by atoms with Crippen molar-refractivity contribution in [3.05, 3.63) is 0 Å². The molecule has 1 rings (SSSR count). The van der Waals surface area contributed by atoms with Gasteiger partial charge in [-0.1, -0.05) is 27.7 Å². The Morgan fingerprint density at radius 2 is 1.93 bits per heavy atom. The van der Waals surface area contributed by atoms with Crippen molar-refractivity contribution in [2.45, 2.75) is 52.7 Å². The quantitative estimate of drug-likeness (QED) is 0.757. The summed E-state index contributed by atoms with van der Waals surface area (Å²) in [4.78, 5) is 0. The summed E-state index contributed by atoms with van der Waals surface area (Å²) < 4.78 is 5.89. The molecule has 2 nitrogen and oxygen atoms in total. The first-order valence-electron chi connectivity index (χ1n) is 5.88. The molecule has 1 saturated carbocycles. The van der Waals surface area contributed by atoms with Crippen molar-refractivity contribution in [1.82, 2.24) is 0 Å². The molecule has 0 spiro atoms. The minimum Gasteiger partial charge on any atom is -0.376 e. The lowest BCUT2D eigenvalue weighted by molar-refractivity contribution is -0.0384. The number of nitrogens with two attached hydrogens (primary N) is 1. The standard InChI is InChI=1S/C12H25NO/c1-8(2)7-14-12-10(4)5-9(3)6-11(12)13/h8-12H,5-7,13H2,1-4H3. The molecule has 4 atom stereocenters. The minimum absolute atomic E-state index is 0.243. The van der Waals surface area contributed by atoms with Gasteiger partial charge in [0.1, 0.15) is 0 Å². The normalized spacial score (nSPS) is 39.0. The first kappa shape index (κ1) is 12.0. The number of rotatable bonds is 3. The Morgan fingerprint density at radius 3 is 2.43 bits per heavy atom. The second kappa shape index (κ2) is 5.13. The van der Waals surface area contributed by atoms with Gasteiger partial charge in [0, 0.05) is 12.6 Å². The Kier molecular flexibility index (Phi) is 4.39. The summed E-state index contributed by atoms with van der Waals surface area (Å²) in [6.45, 7) is 9.76. The lowest BCUT2D eigenvalue weighted by Crippen LogP contribution is -2.46. The fraction of sp³-hybridized carbons (Fsp3) is 1.00. The zero-order valence-electron chi connectivity index (χ0n) is 9.99. The van der Waals surface area contributed by atoms with Crippen LogP contribution in [0.4, 0.5) is 0 Å². The molecule has 14 heavy (non-hydrogen) atoms. The van der Waals surface area contributed by atoms with E-state index in [0.29, 0.717) is 11.8 Å². The zero-order chi connectivity index (χ0) is 10.7. The van der Waals surface area contributed by atoms with Gasteiger partial charge in [-0.25, -0.2) is 0 Å². The maximum Gasteiger partial charge on any atom is 0.0751 e. The molecule has 0 amide bonds. The lowest BCUT2D eigenvalue weighted by atomic mass is 9.78. The van der Waals surface area contributed by atoms with E-state index in [1.165, 1.54) is 6.42 Å². The van der Waals surface area contributed by atoms with Crippen molar-refractivity contribution in [1.29, 1.82) is 0 Å². The Morgan fingerprint density at radius 1 is 1.29 bits per heavy atom. The Bertz CT molecular complexity index is 158. The predicted molar refractivity (Wildman–Crippen MR) is 60.1 cm³/mol. The summed E-state index contributed by atoms with van der Waals surface area (Å²) in [5, 5.41) is 0. The molecule has 1 fully saturated rings. The monoisotopic (exact) mass is 199 g/mol.